The molecule has 0 N–H and O–H groups in total. The van der Waals surface area contributed by atoms with Crippen LogP contribution in [0.3, 0.4) is 0 Å². The first-order valence-electron chi connectivity index (χ1n) is 37.8. The molecule has 0 aliphatic rings. The molecule has 0 aromatic rings. The molecule has 0 rings (SSSR count). The Morgan fingerprint density at radius 1 is 0.241 bits per heavy atom. The summed E-state index contributed by atoms with van der Waals surface area (Å²) >= 11 is 0. The molecular weight excluding hydrogens is 1020 g/mol. The minimum absolute atomic E-state index is 0.0691. The van der Waals surface area contributed by atoms with Gasteiger partial charge in [0.15, 0.2) is 6.10 Å². The van der Waals surface area contributed by atoms with Gasteiger partial charge in [-0.1, -0.05) is 385 Å². The highest BCUT2D eigenvalue weighted by atomic mass is 16.6. The van der Waals surface area contributed by atoms with Crippen LogP contribution in [-0.4, -0.2) is 37.2 Å². The van der Waals surface area contributed by atoms with E-state index in [9.17, 15) is 14.4 Å². The lowest BCUT2D eigenvalue weighted by molar-refractivity contribution is -0.167. The zero-order chi connectivity index (χ0) is 59.9. The third-order valence-electron chi connectivity index (χ3n) is 17.5. The Hall–Kier alpha value is -2.11. The molecule has 0 saturated carbocycles. The van der Waals surface area contributed by atoms with Gasteiger partial charge in [-0.25, -0.2) is 0 Å². The minimum atomic E-state index is -0.774. The lowest BCUT2D eigenvalue weighted by atomic mass is 10.0. The fraction of sp³-hybridized carbons (Fsp3) is 0.909. The molecule has 0 spiro atoms. The molecule has 0 heterocycles. The summed E-state index contributed by atoms with van der Waals surface area (Å²) in [4.78, 5) is 38.5. The third-order valence-corrected chi connectivity index (χ3v) is 17.5. The van der Waals surface area contributed by atoms with Crippen molar-refractivity contribution in [1.29, 1.82) is 0 Å². The van der Waals surface area contributed by atoms with Crippen molar-refractivity contribution < 1.29 is 28.6 Å². The number of esters is 3. The van der Waals surface area contributed by atoms with Crippen molar-refractivity contribution in [3.63, 3.8) is 0 Å². The molecule has 0 radical (unpaired) electrons. The number of unbranched alkanes of at least 4 members (excludes halogenated alkanes) is 56. The van der Waals surface area contributed by atoms with Crippen molar-refractivity contribution in [3.8, 4) is 0 Å². The predicted octanol–water partition coefficient (Wildman–Crippen LogP) is 26.1. The highest BCUT2D eigenvalue weighted by Crippen LogP contribution is 2.20. The molecule has 0 aromatic carbocycles. The number of carbonyl (C=O) groups is 3. The van der Waals surface area contributed by atoms with E-state index in [0.717, 1.165) is 77.0 Å². The first kappa shape index (κ1) is 80.9. The molecule has 0 fully saturated rings. The summed E-state index contributed by atoms with van der Waals surface area (Å²) in [5, 5.41) is 0. The summed E-state index contributed by atoms with van der Waals surface area (Å²) in [6.07, 6.45) is 89.5. The van der Waals surface area contributed by atoms with Gasteiger partial charge >= 0.3 is 17.9 Å². The van der Waals surface area contributed by atoms with Crippen LogP contribution in [0.1, 0.15) is 432 Å². The number of allylic oxidation sites excluding steroid dienone is 4. The van der Waals surface area contributed by atoms with Gasteiger partial charge < -0.3 is 14.2 Å². The second-order valence-electron chi connectivity index (χ2n) is 25.9. The van der Waals surface area contributed by atoms with Crippen LogP contribution in [-0.2, 0) is 28.6 Å². The smallest absolute Gasteiger partial charge is 0.306 e. The first-order chi connectivity index (χ1) is 41.0. The molecule has 6 nitrogen and oxygen atoms in total. The summed E-state index contributed by atoms with van der Waals surface area (Å²) in [6.45, 7) is 6.70. The van der Waals surface area contributed by atoms with Crippen LogP contribution in [0.15, 0.2) is 24.3 Å². The van der Waals surface area contributed by atoms with Crippen molar-refractivity contribution in [2.45, 2.75) is 438 Å². The Bertz CT molecular complexity index is 1340. The van der Waals surface area contributed by atoms with Crippen molar-refractivity contribution in [3.05, 3.63) is 24.3 Å². The zero-order valence-electron chi connectivity index (χ0n) is 56.5. The maximum atomic E-state index is 13.0. The largest absolute Gasteiger partial charge is 0.462 e. The van der Waals surface area contributed by atoms with Gasteiger partial charge in [0.25, 0.3) is 0 Å². The second-order valence-corrected chi connectivity index (χ2v) is 25.9. The summed E-state index contributed by atoms with van der Waals surface area (Å²) in [7, 11) is 0. The van der Waals surface area contributed by atoms with E-state index in [2.05, 4.69) is 45.1 Å². The summed E-state index contributed by atoms with van der Waals surface area (Å²) in [6, 6.07) is 0. The SMILES string of the molecule is CCCCC/C=C\C/C=C\CCCCCCCC(=O)OCC(COC(=O)CCCCCCCCCCCCCCCCCCCCCCCCCCCCCCCCC)OC(=O)CCCCCCCCCCCCCCCCCCCCC. The molecular formula is C77H146O6. The summed E-state index contributed by atoms with van der Waals surface area (Å²) < 4.78 is 17.0. The Morgan fingerprint density at radius 2 is 0.434 bits per heavy atom. The fourth-order valence-electron chi connectivity index (χ4n) is 11.8. The number of hydrogen-bond donors (Lipinski definition) is 0. The standard InChI is InChI=1S/C77H146O6/c1-4-7-10-13-16-19-22-25-28-30-32-33-34-35-36-37-38-39-40-41-42-43-45-46-49-52-55-58-61-64-67-70-76(79)82-73-74(72-81-75(78)69-66-63-60-57-54-51-48-27-24-21-18-15-12-9-6-3)83-77(80)71-68-65-62-59-56-53-50-47-44-31-29-26-23-20-17-14-11-8-5-2/h18,21,27,48,74H,4-17,19-20,22-26,28-47,49-73H2,1-3H3/b21-18-,48-27-. The van der Waals surface area contributed by atoms with Crippen LogP contribution in [0.4, 0.5) is 0 Å². The van der Waals surface area contributed by atoms with Crippen LogP contribution in [0.5, 0.6) is 0 Å². The number of carbonyl (C=O) groups excluding carboxylic acids is 3. The third kappa shape index (κ3) is 70.5. The maximum Gasteiger partial charge on any atom is 0.306 e. The molecule has 490 valence electrons. The normalized spacial score (nSPS) is 12.1. The maximum absolute atomic E-state index is 13.0. The van der Waals surface area contributed by atoms with Crippen molar-refractivity contribution in [2.24, 2.45) is 0 Å². The molecule has 83 heavy (non-hydrogen) atoms. The Labute approximate surface area is 519 Å². The van der Waals surface area contributed by atoms with E-state index >= 15 is 0 Å². The lowest BCUT2D eigenvalue weighted by Gasteiger charge is -2.18. The van der Waals surface area contributed by atoms with Crippen LogP contribution in [0, 0.1) is 0 Å². The van der Waals surface area contributed by atoms with Gasteiger partial charge in [0.1, 0.15) is 13.2 Å². The molecule has 0 bridgehead atoms. The number of rotatable bonds is 71. The van der Waals surface area contributed by atoms with E-state index in [0.29, 0.717) is 19.3 Å². The van der Waals surface area contributed by atoms with Crippen LogP contribution in [0.25, 0.3) is 0 Å². The van der Waals surface area contributed by atoms with Crippen LogP contribution >= 0.6 is 0 Å². The van der Waals surface area contributed by atoms with Gasteiger partial charge in [-0.3, -0.25) is 14.4 Å². The monoisotopic (exact) mass is 1170 g/mol. The first-order valence-corrected chi connectivity index (χ1v) is 37.8. The highest BCUT2D eigenvalue weighted by molar-refractivity contribution is 5.71. The Morgan fingerprint density at radius 3 is 0.687 bits per heavy atom. The van der Waals surface area contributed by atoms with E-state index in [1.807, 2.05) is 0 Å². The average Bonchev–Trinajstić information content (AvgIpc) is 3.50. The lowest BCUT2D eigenvalue weighted by Crippen LogP contribution is -2.30. The molecule has 1 unspecified atom stereocenters. The number of hydrogen-bond acceptors (Lipinski definition) is 6. The summed E-state index contributed by atoms with van der Waals surface area (Å²) in [5.41, 5.74) is 0. The summed E-state index contributed by atoms with van der Waals surface area (Å²) in [5.74, 6) is -0.848. The van der Waals surface area contributed by atoms with E-state index < -0.39 is 6.10 Å². The molecule has 0 saturated heterocycles. The molecule has 0 aliphatic carbocycles. The quantitative estimate of drug-likeness (QED) is 0.0261. The Kier molecular flexibility index (Phi) is 70.5. The van der Waals surface area contributed by atoms with Gasteiger partial charge in [0, 0.05) is 19.3 Å². The van der Waals surface area contributed by atoms with E-state index in [-0.39, 0.29) is 31.1 Å². The van der Waals surface area contributed by atoms with Crippen LogP contribution in [0.2, 0.25) is 0 Å². The molecule has 1 atom stereocenters. The van der Waals surface area contributed by atoms with E-state index in [4.69, 9.17) is 14.2 Å². The topological polar surface area (TPSA) is 78.9 Å². The second kappa shape index (κ2) is 72.4. The van der Waals surface area contributed by atoms with Crippen molar-refractivity contribution in [1.82, 2.24) is 0 Å². The average molecular weight is 1170 g/mol. The Balaban J connectivity index is 4.16. The van der Waals surface area contributed by atoms with Gasteiger partial charge in [-0.05, 0) is 51.4 Å². The van der Waals surface area contributed by atoms with E-state index in [1.165, 1.54) is 315 Å². The van der Waals surface area contributed by atoms with Crippen molar-refractivity contribution >= 4 is 17.9 Å². The molecule has 6 heteroatoms. The van der Waals surface area contributed by atoms with Gasteiger partial charge in [0.05, 0.1) is 0 Å². The highest BCUT2D eigenvalue weighted by Gasteiger charge is 2.20. The van der Waals surface area contributed by atoms with Crippen molar-refractivity contribution in [2.75, 3.05) is 13.2 Å². The van der Waals surface area contributed by atoms with Gasteiger partial charge in [-0.2, -0.15) is 0 Å². The molecule has 0 aromatic heterocycles. The molecule has 0 aliphatic heterocycles. The zero-order valence-corrected chi connectivity index (χ0v) is 56.5. The van der Waals surface area contributed by atoms with Gasteiger partial charge in [-0.15, -0.1) is 0 Å². The molecule has 0 amide bonds. The van der Waals surface area contributed by atoms with Crippen LogP contribution < -0.4 is 0 Å². The van der Waals surface area contributed by atoms with Gasteiger partial charge in [0.2, 0.25) is 0 Å². The van der Waals surface area contributed by atoms with E-state index in [1.54, 1.807) is 0 Å². The minimum Gasteiger partial charge on any atom is -0.462 e. The number of ether oxygens (including phenoxy) is 3. The predicted molar refractivity (Wildman–Crippen MR) is 363 cm³/mol. The fourth-order valence-corrected chi connectivity index (χ4v) is 11.8.